The van der Waals surface area contributed by atoms with Gasteiger partial charge < -0.3 is 19.8 Å². The highest BCUT2D eigenvalue weighted by Crippen LogP contribution is 2.29. The highest BCUT2D eigenvalue weighted by atomic mass is 16.5. The highest BCUT2D eigenvalue weighted by molar-refractivity contribution is 6.01. The van der Waals surface area contributed by atoms with Gasteiger partial charge in [-0.3, -0.25) is 14.8 Å². The van der Waals surface area contributed by atoms with Gasteiger partial charge >= 0.3 is 0 Å². The first-order chi connectivity index (χ1) is 15.7. The number of hydrogen-bond acceptors (Lipinski definition) is 5. The second-order valence-corrected chi connectivity index (χ2v) is 8.07. The maximum absolute atomic E-state index is 12.3. The Morgan fingerprint density at radius 3 is 2.88 bits per heavy atom. The predicted octanol–water partition coefficient (Wildman–Crippen LogP) is 2.92. The Bertz CT molecular complexity index is 1240. The third-order valence-corrected chi connectivity index (χ3v) is 5.87. The Labute approximate surface area is 185 Å². The van der Waals surface area contributed by atoms with Gasteiger partial charge in [-0.1, -0.05) is 6.07 Å². The van der Waals surface area contributed by atoms with E-state index in [2.05, 4.69) is 49.7 Å². The van der Waals surface area contributed by atoms with Gasteiger partial charge in [-0.05, 0) is 42.0 Å². The lowest BCUT2D eigenvalue weighted by molar-refractivity contribution is 0.0342. The molecule has 8 heteroatoms. The highest BCUT2D eigenvalue weighted by Gasteiger charge is 2.15. The van der Waals surface area contributed by atoms with E-state index in [4.69, 9.17) is 9.47 Å². The fourth-order valence-corrected chi connectivity index (χ4v) is 4.16. The van der Waals surface area contributed by atoms with Gasteiger partial charge in [0, 0.05) is 55.1 Å². The van der Waals surface area contributed by atoms with E-state index in [-0.39, 0.29) is 5.91 Å². The van der Waals surface area contributed by atoms with Crippen molar-refractivity contribution in [3.63, 3.8) is 0 Å². The molecule has 1 aliphatic heterocycles. The molecule has 5 rings (SSSR count). The van der Waals surface area contributed by atoms with Crippen molar-refractivity contribution in [1.82, 2.24) is 25.4 Å². The lowest BCUT2D eigenvalue weighted by Gasteiger charge is -2.26. The van der Waals surface area contributed by atoms with Crippen LogP contribution in [0.15, 0.2) is 42.5 Å². The van der Waals surface area contributed by atoms with Crippen molar-refractivity contribution >= 4 is 27.7 Å². The number of amides is 1. The van der Waals surface area contributed by atoms with E-state index in [1.807, 2.05) is 18.2 Å². The summed E-state index contributed by atoms with van der Waals surface area (Å²) in [5.74, 6) is -0.126. The first-order valence-electron chi connectivity index (χ1n) is 10.9. The Hall–Kier alpha value is -3.20. The van der Waals surface area contributed by atoms with Crippen LogP contribution in [0.5, 0.6) is 0 Å². The Balaban J connectivity index is 1.38. The van der Waals surface area contributed by atoms with Gasteiger partial charge in [-0.15, -0.1) is 0 Å². The van der Waals surface area contributed by atoms with Crippen molar-refractivity contribution in [3.8, 4) is 11.4 Å². The molecule has 1 aliphatic rings. The zero-order chi connectivity index (χ0) is 21.9. The molecule has 0 radical (unpaired) electrons. The molecule has 0 aliphatic carbocycles. The number of nitrogens with zero attached hydrogens (tertiary/aromatic N) is 2. The van der Waals surface area contributed by atoms with Gasteiger partial charge in [0.1, 0.15) is 5.69 Å². The minimum absolute atomic E-state index is 0.126. The smallest absolute Gasteiger partial charge is 0.251 e. The summed E-state index contributed by atoms with van der Waals surface area (Å²) in [5.41, 5.74) is 5.58. The molecule has 3 N–H and O–H groups in total. The maximum atomic E-state index is 12.3. The second kappa shape index (κ2) is 9.12. The van der Waals surface area contributed by atoms with E-state index in [0.29, 0.717) is 18.7 Å². The minimum atomic E-state index is -0.126. The van der Waals surface area contributed by atoms with Crippen LogP contribution in [0.1, 0.15) is 15.9 Å². The standard InChI is InChI=1S/C24H27N5O3/c1-31-9-6-25-24(30)17-3-4-19-21(13-17)27-28-23(19)22-14-18-12-16(2-5-20(18)26-22)15-29-7-10-32-11-8-29/h2-5,12-14,26H,6-11,15H2,1H3,(H,25,30)(H,27,28). The molecule has 166 valence electrons. The van der Waals surface area contributed by atoms with E-state index < -0.39 is 0 Å². The summed E-state index contributed by atoms with van der Waals surface area (Å²) in [6.45, 7) is 5.45. The molecule has 0 spiro atoms. The SMILES string of the molecule is COCCNC(=O)c1ccc2c(-c3cc4cc(CN5CCOCC5)ccc4[nH]3)n[nH]c2c1. The molecule has 2 aromatic heterocycles. The fourth-order valence-electron chi connectivity index (χ4n) is 4.16. The van der Waals surface area contributed by atoms with Crippen molar-refractivity contribution in [2.24, 2.45) is 0 Å². The zero-order valence-electron chi connectivity index (χ0n) is 18.1. The molecule has 1 fully saturated rings. The fraction of sp³-hybridized carbons (Fsp3) is 0.333. The number of hydrogen-bond donors (Lipinski definition) is 3. The van der Waals surface area contributed by atoms with E-state index in [0.717, 1.165) is 66.0 Å². The van der Waals surface area contributed by atoms with Crippen LogP contribution in [0.2, 0.25) is 0 Å². The number of H-pyrrole nitrogens is 2. The first kappa shape index (κ1) is 20.7. The molecule has 1 amide bonds. The van der Waals surface area contributed by atoms with Gasteiger partial charge in [0.15, 0.2) is 0 Å². The van der Waals surface area contributed by atoms with Crippen LogP contribution >= 0.6 is 0 Å². The number of carbonyl (C=O) groups excluding carboxylic acids is 1. The Morgan fingerprint density at radius 1 is 1.16 bits per heavy atom. The molecule has 3 heterocycles. The second-order valence-electron chi connectivity index (χ2n) is 8.07. The molecule has 2 aromatic carbocycles. The number of morpholine rings is 1. The predicted molar refractivity (Wildman–Crippen MR) is 124 cm³/mol. The monoisotopic (exact) mass is 433 g/mol. The van der Waals surface area contributed by atoms with Crippen molar-refractivity contribution in [2.45, 2.75) is 6.54 Å². The van der Waals surface area contributed by atoms with Crippen LogP contribution in [-0.4, -0.2) is 72.6 Å². The summed E-state index contributed by atoms with van der Waals surface area (Å²) in [6, 6.07) is 14.3. The summed E-state index contributed by atoms with van der Waals surface area (Å²) in [7, 11) is 1.61. The van der Waals surface area contributed by atoms with Crippen molar-refractivity contribution < 1.29 is 14.3 Å². The van der Waals surface area contributed by atoms with Crippen LogP contribution in [0.3, 0.4) is 0 Å². The minimum Gasteiger partial charge on any atom is -0.383 e. The van der Waals surface area contributed by atoms with E-state index in [1.165, 1.54) is 5.56 Å². The summed E-state index contributed by atoms with van der Waals surface area (Å²) in [6.07, 6.45) is 0. The molecular formula is C24H27N5O3. The van der Waals surface area contributed by atoms with E-state index >= 15 is 0 Å². The lowest BCUT2D eigenvalue weighted by Crippen LogP contribution is -2.35. The van der Waals surface area contributed by atoms with Crippen molar-refractivity contribution in [1.29, 1.82) is 0 Å². The van der Waals surface area contributed by atoms with Crippen LogP contribution in [0, 0.1) is 0 Å². The normalized spacial score (nSPS) is 14.9. The quantitative estimate of drug-likeness (QED) is 0.390. The third kappa shape index (κ3) is 4.25. The van der Waals surface area contributed by atoms with E-state index in [1.54, 1.807) is 7.11 Å². The summed E-state index contributed by atoms with van der Waals surface area (Å²) in [5, 5.41) is 12.6. The van der Waals surface area contributed by atoms with Gasteiger partial charge in [-0.25, -0.2) is 0 Å². The molecule has 8 nitrogen and oxygen atoms in total. The summed E-state index contributed by atoms with van der Waals surface area (Å²) >= 11 is 0. The molecule has 32 heavy (non-hydrogen) atoms. The van der Waals surface area contributed by atoms with Gasteiger partial charge in [-0.2, -0.15) is 5.10 Å². The van der Waals surface area contributed by atoms with Crippen LogP contribution in [-0.2, 0) is 16.0 Å². The van der Waals surface area contributed by atoms with Gasteiger partial charge in [0.25, 0.3) is 5.91 Å². The molecular weight excluding hydrogens is 406 g/mol. The average Bonchev–Trinajstić information content (AvgIpc) is 3.43. The van der Waals surface area contributed by atoms with Crippen molar-refractivity contribution in [2.75, 3.05) is 46.6 Å². The molecule has 0 bridgehead atoms. The number of methoxy groups -OCH3 is 1. The first-order valence-corrected chi connectivity index (χ1v) is 10.9. The van der Waals surface area contributed by atoms with Crippen molar-refractivity contribution in [3.05, 3.63) is 53.6 Å². The number of carbonyl (C=O) groups is 1. The Morgan fingerprint density at radius 2 is 2.03 bits per heavy atom. The van der Waals surface area contributed by atoms with Crippen LogP contribution in [0.4, 0.5) is 0 Å². The van der Waals surface area contributed by atoms with E-state index in [9.17, 15) is 4.79 Å². The average molecular weight is 434 g/mol. The van der Waals surface area contributed by atoms with Gasteiger partial charge in [0.05, 0.1) is 31.0 Å². The van der Waals surface area contributed by atoms with Crippen LogP contribution in [0.25, 0.3) is 33.2 Å². The third-order valence-electron chi connectivity index (χ3n) is 5.87. The van der Waals surface area contributed by atoms with Gasteiger partial charge in [0.2, 0.25) is 0 Å². The molecule has 0 atom stereocenters. The molecule has 0 saturated carbocycles. The number of rotatable bonds is 7. The number of benzene rings is 2. The summed E-state index contributed by atoms with van der Waals surface area (Å²) < 4.78 is 10.4. The van der Waals surface area contributed by atoms with Crippen LogP contribution < -0.4 is 5.32 Å². The summed E-state index contributed by atoms with van der Waals surface area (Å²) in [4.78, 5) is 18.2. The lowest BCUT2D eigenvalue weighted by atomic mass is 10.1. The number of aromatic amines is 2. The molecule has 1 saturated heterocycles. The molecule has 4 aromatic rings. The maximum Gasteiger partial charge on any atom is 0.251 e. The Kier molecular flexibility index (Phi) is 5.89. The number of nitrogens with one attached hydrogen (secondary N) is 3. The topological polar surface area (TPSA) is 95.3 Å². The number of fused-ring (bicyclic) bond motifs is 2. The zero-order valence-corrected chi connectivity index (χ0v) is 18.1. The largest absolute Gasteiger partial charge is 0.383 e. The molecule has 0 unspecified atom stereocenters. The number of ether oxygens (including phenoxy) is 2. The number of aromatic nitrogens is 3.